The molecule has 0 spiro atoms. The van der Waals surface area contributed by atoms with Crippen LogP contribution in [0.2, 0.25) is 0 Å². The van der Waals surface area contributed by atoms with Gasteiger partial charge in [0.1, 0.15) is 0 Å². The van der Waals surface area contributed by atoms with Crippen LogP contribution >= 0.6 is 0 Å². The molecule has 28 heavy (non-hydrogen) atoms. The van der Waals surface area contributed by atoms with Gasteiger partial charge >= 0.3 is 173 Å². The van der Waals surface area contributed by atoms with Gasteiger partial charge < -0.3 is 0 Å². The second kappa shape index (κ2) is 8.62. The Morgan fingerprint density at radius 2 is 1.07 bits per heavy atom. The summed E-state index contributed by atoms with van der Waals surface area (Å²) in [6, 6.07) is 42.3. The van der Waals surface area contributed by atoms with E-state index in [0.717, 1.165) is 4.44 Å². The average molecular weight is 467 g/mol. The van der Waals surface area contributed by atoms with Crippen LogP contribution in [0.5, 0.6) is 0 Å². The molecule has 0 aliphatic rings. The first-order chi connectivity index (χ1) is 13.8. The fourth-order valence-electron chi connectivity index (χ4n) is 4.08. The number of benzene rings is 4. The zero-order valence-corrected chi connectivity index (χ0v) is 18.8. The van der Waals surface area contributed by atoms with E-state index in [4.69, 9.17) is 0 Å². The van der Waals surface area contributed by atoms with Crippen LogP contribution in [-0.4, -0.2) is 18.4 Å². The molecule has 0 N–H and O–H groups in total. The molecule has 0 saturated carbocycles. The first kappa shape index (κ1) is 18.8. The maximum absolute atomic E-state index is 4.01. The van der Waals surface area contributed by atoms with Gasteiger partial charge in [0.25, 0.3) is 0 Å². The van der Waals surface area contributed by atoms with Gasteiger partial charge in [-0.1, -0.05) is 0 Å². The zero-order valence-electron chi connectivity index (χ0n) is 16.0. The third kappa shape index (κ3) is 3.70. The van der Waals surface area contributed by atoms with Crippen LogP contribution in [-0.2, 0) is 4.44 Å². The molecule has 0 aromatic heterocycles. The SMILES string of the molecule is C=Cc1ccc[c]([Sn]([CH2]c2ccccc2)([c]2ccccc2)[c]2ccccc2)c1. The van der Waals surface area contributed by atoms with Gasteiger partial charge in [0.15, 0.2) is 0 Å². The average Bonchev–Trinajstić information content (AvgIpc) is 2.79. The Morgan fingerprint density at radius 1 is 0.571 bits per heavy atom. The molecule has 0 unspecified atom stereocenters. The summed E-state index contributed by atoms with van der Waals surface area (Å²) in [6.45, 7) is 4.01. The van der Waals surface area contributed by atoms with E-state index in [9.17, 15) is 0 Å². The molecule has 1 heteroatoms. The van der Waals surface area contributed by atoms with Crippen LogP contribution in [0.25, 0.3) is 6.08 Å². The van der Waals surface area contributed by atoms with Gasteiger partial charge in [-0.15, -0.1) is 0 Å². The Balaban J connectivity index is 2.03. The third-order valence-corrected chi connectivity index (χ3v) is 19.4. The molecular weight excluding hydrogens is 443 g/mol. The molecule has 4 rings (SSSR count). The maximum atomic E-state index is 4.01. The van der Waals surface area contributed by atoms with Crippen molar-refractivity contribution in [3.05, 3.63) is 133 Å². The van der Waals surface area contributed by atoms with Crippen LogP contribution < -0.4 is 10.7 Å². The number of hydrogen-bond donors (Lipinski definition) is 0. The van der Waals surface area contributed by atoms with Crippen molar-refractivity contribution in [3.8, 4) is 0 Å². The minimum atomic E-state index is -3.28. The summed E-state index contributed by atoms with van der Waals surface area (Å²) in [5, 5.41) is 0. The molecule has 0 aliphatic carbocycles. The van der Waals surface area contributed by atoms with Crippen LogP contribution in [0.1, 0.15) is 11.1 Å². The molecule has 0 atom stereocenters. The van der Waals surface area contributed by atoms with Crippen LogP contribution in [0.4, 0.5) is 0 Å². The summed E-state index contributed by atoms with van der Waals surface area (Å²) in [4.78, 5) is 0. The Hall–Kier alpha value is -2.58. The molecule has 0 aliphatic heterocycles. The normalized spacial score (nSPS) is 11.1. The summed E-state index contributed by atoms with van der Waals surface area (Å²) in [5.74, 6) is 0. The molecule has 0 fully saturated rings. The molecule has 0 nitrogen and oxygen atoms in total. The second-order valence-electron chi connectivity index (χ2n) is 7.13. The predicted octanol–water partition coefficient (Wildman–Crippen LogP) is 4.58. The zero-order chi connectivity index (χ0) is 19.2. The summed E-state index contributed by atoms with van der Waals surface area (Å²) >= 11 is -3.28. The predicted molar refractivity (Wildman–Crippen MR) is 124 cm³/mol. The van der Waals surface area contributed by atoms with Crippen LogP contribution in [0, 0.1) is 0 Å². The van der Waals surface area contributed by atoms with Gasteiger partial charge in [0, 0.05) is 0 Å². The van der Waals surface area contributed by atoms with Crippen LogP contribution in [0.3, 0.4) is 0 Å². The van der Waals surface area contributed by atoms with E-state index in [-0.39, 0.29) is 0 Å². The van der Waals surface area contributed by atoms with Crippen molar-refractivity contribution < 1.29 is 0 Å². The first-order valence-corrected chi connectivity index (χ1v) is 16.0. The Bertz CT molecular complexity index is 998. The van der Waals surface area contributed by atoms with Gasteiger partial charge in [-0.3, -0.25) is 0 Å². The summed E-state index contributed by atoms with van der Waals surface area (Å²) in [7, 11) is 0. The monoisotopic (exact) mass is 468 g/mol. The molecule has 136 valence electrons. The fourth-order valence-corrected chi connectivity index (χ4v) is 17.7. The molecule has 0 radical (unpaired) electrons. The molecule has 0 amide bonds. The molecule has 0 heterocycles. The van der Waals surface area contributed by atoms with Gasteiger partial charge in [0.05, 0.1) is 0 Å². The Labute approximate surface area is 172 Å². The quantitative estimate of drug-likeness (QED) is 0.365. The van der Waals surface area contributed by atoms with Crippen molar-refractivity contribution in [1.82, 2.24) is 0 Å². The van der Waals surface area contributed by atoms with Crippen molar-refractivity contribution in [2.45, 2.75) is 4.44 Å². The van der Waals surface area contributed by atoms with Gasteiger partial charge in [-0.2, -0.15) is 0 Å². The summed E-state index contributed by atoms with van der Waals surface area (Å²) in [5.41, 5.74) is 2.61. The van der Waals surface area contributed by atoms with E-state index in [1.807, 2.05) is 6.08 Å². The van der Waals surface area contributed by atoms with E-state index < -0.39 is 18.4 Å². The molecule has 0 bridgehead atoms. The number of rotatable bonds is 6. The summed E-state index contributed by atoms with van der Waals surface area (Å²) < 4.78 is 5.61. The fraction of sp³-hybridized carbons (Fsp3) is 0.0370. The van der Waals surface area contributed by atoms with Gasteiger partial charge in [-0.05, 0) is 0 Å². The second-order valence-corrected chi connectivity index (χ2v) is 18.2. The van der Waals surface area contributed by atoms with E-state index in [1.165, 1.54) is 21.9 Å². The third-order valence-electron chi connectivity index (χ3n) is 5.46. The van der Waals surface area contributed by atoms with E-state index in [0.29, 0.717) is 0 Å². The van der Waals surface area contributed by atoms with E-state index >= 15 is 0 Å². The van der Waals surface area contributed by atoms with Crippen molar-refractivity contribution in [3.63, 3.8) is 0 Å². The van der Waals surface area contributed by atoms with Crippen molar-refractivity contribution in [2.75, 3.05) is 0 Å². The van der Waals surface area contributed by atoms with Crippen molar-refractivity contribution in [2.24, 2.45) is 0 Å². The van der Waals surface area contributed by atoms with Crippen molar-refractivity contribution >= 4 is 35.2 Å². The Morgan fingerprint density at radius 3 is 1.61 bits per heavy atom. The Kier molecular flexibility index (Phi) is 5.78. The van der Waals surface area contributed by atoms with Gasteiger partial charge in [0.2, 0.25) is 0 Å². The number of hydrogen-bond acceptors (Lipinski definition) is 0. The van der Waals surface area contributed by atoms with E-state index in [2.05, 4.69) is 122 Å². The first-order valence-electron chi connectivity index (χ1n) is 9.71. The molecular formula is C27H24Sn. The standard InChI is InChI=1S/C8H7.C7H7.2C6H5.Sn/c1-2-8-6-4-3-5-7-8;1-7-5-3-2-4-6-7;2*1-2-4-6-5-3-1;/h2-4,6-7H,1H2;2-6H,1H2;2*1-5H;. The van der Waals surface area contributed by atoms with Crippen LogP contribution in [0.15, 0.2) is 122 Å². The molecule has 4 aromatic carbocycles. The van der Waals surface area contributed by atoms with E-state index in [1.54, 1.807) is 0 Å². The molecule has 0 saturated heterocycles. The topological polar surface area (TPSA) is 0 Å². The summed E-state index contributed by atoms with van der Waals surface area (Å²) in [6.07, 6.45) is 1.96. The van der Waals surface area contributed by atoms with Gasteiger partial charge in [-0.25, -0.2) is 0 Å². The van der Waals surface area contributed by atoms with Crippen molar-refractivity contribution in [1.29, 1.82) is 0 Å². The molecule has 4 aromatic rings. The minimum absolute atomic E-state index is 1.10.